The van der Waals surface area contributed by atoms with Crippen LogP contribution in [-0.4, -0.2) is 37.4 Å². The van der Waals surface area contributed by atoms with Crippen molar-refractivity contribution in [3.8, 4) is 28.5 Å². The zero-order chi connectivity index (χ0) is 24.4. The molecule has 0 atom stereocenters. The van der Waals surface area contributed by atoms with Crippen LogP contribution in [0, 0.1) is 0 Å². The second-order valence-corrected chi connectivity index (χ2v) is 7.89. The largest absolute Gasteiger partial charge is 0.478 e. The van der Waals surface area contributed by atoms with E-state index in [1.807, 2.05) is 60.0 Å². The average molecular weight is 470 g/mol. The fourth-order valence-corrected chi connectivity index (χ4v) is 4.16. The number of benzene rings is 3. The smallest absolute Gasteiger partial charge is 0.439 e. The van der Waals surface area contributed by atoms with E-state index < -0.39 is 11.7 Å². The van der Waals surface area contributed by atoms with E-state index in [1.54, 1.807) is 18.2 Å². The van der Waals surface area contributed by atoms with Gasteiger partial charge in [0.2, 0.25) is 0 Å². The molecule has 0 radical (unpaired) electrons. The predicted octanol–water partition coefficient (Wildman–Crippen LogP) is 4.39. The lowest BCUT2D eigenvalue weighted by Crippen LogP contribution is -2.08. The Balaban J connectivity index is 1.43. The number of imidazole rings is 1. The van der Waals surface area contributed by atoms with Gasteiger partial charge in [-0.15, -0.1) is 0 Å². The minimum Gasteiger partial charge on any atom is -0.478 e. The van der Waals surface area contributed by atoms with Crippen LogP contribution in [0.3, 0.4) is 0 Å². The second kappa shape index (κ2) is 9.30. The van der Waals surface area contributed by atoms with E-state index in [2.05, 4.69) is 19.6 Å². The zero-order valence-corrected chi connectivity index (χ0v) is 18.9. The van der Waals surface area contributed by atoms with Crippen LogP contribution < -0.4 is 10.5 Å². The molecule has 0 bridgehead atoms. The monoisotopic (exact) mass is 470 g/mol. The lowest BCUT2D eigenvalue weighted by atomic mass is 9.98. The van der Waals surface area contributed by atoms with E-state index in [0.717, 1.165) is 22.3 Å². The summed E-state index contributed by atoms with van der Waals surface area (Å²) in [7, 11) is 0. The number of aromatic amines is 1. The third-order valence-corrected chi connectivity index (χ3v) is 5.75. The van der Waals surface area contributed by atoms with Crippen LogP contribution >= 0.6 is 0 Å². The van der Waals surface area contributed by atoms with Crippen LogP contribution in [0.2, 0.25) is 0 Å². The molecular formula is C26H22N4O5. The highest BCUT2D eigenvalue weighted by Crippen LogP contribution is 2.30. The van der Waals surface area contributed by atoms with Crippen LogP contribution in [0.4, 0.5) is 0 Å². The summed E-state index contributed by atoms with van der Waals surface area (Å²) >= 11 is 0. The average Bonchev–Trinajstić information content (AvgIpc) is 3.46. The number of nitrogens with zero attached hydrogens (tertiary/aromatic N) is 3. The Morgan fingerprint density at radius 1 is 1.06 bits per heavy atom. The Hall–Kier alpha value is -4.66. The van der Waals surface area contributed by atoms with Crippen molar-refractivity contribution in [2.45, 2.75) is 19.9 Å². The number of carbonyl (C=O) groups is 1. The molecule has 3 aromatic carbocycles. The number of fused-ring (bicyclic) bond motifs is 1. The summed E-state index contributed by atoms with van der Waals surface area (Å²) in [6.07, 6.45) is 0.651. The molecule has 5 rings (SSSR count). The van der Waals surface area contributed by atoms with Crippen LogP contribution in [0.15, 0.2) is 76.0 Å². The lowest BCUT2D eigenvalue weighted by Gasteiger charge is -2.11. The molecule has 35 heavy (non-hydrogen) atoms. The maximum absolute atomic E-state index is 11.8. The molecule has 176 valence electrons. The summed E-state index contributed by atoms with van der Waals surface area (Å²) in [5, 5.41) is 13.5. The SMILES string of the molecule is CCOc1nc2cccc(C(=O)O)c2n1CCc1ccc(-c2ccccc2-c2noc(=O)[nH]2)cc1. The standard InChI is InChI=1S/C26H22N4O5/c1-2-34-25-27-21-9-5-8-20(24(31)32)22(21)30(25)15-14-16-10-12-17(13-11-16)18-6-3-4-7-19(18)23-28-26(33)35-29-23/h3-13H,2,14-15H2,1H3,(H,31,32)(H,28,29,33). The van der Waals surface area contributed by atoms with Crippen LogP contribution in [0.1, 0.15) is 22.8 Å². The quantitative estimate of drug-likeness (QED) is 0.345. The Morgan fingerprint density at radius 3 is 2.51 bits per heavy atom. The minimum absolute atomic E-state index is 0.193. The number of aromatic nitrogens is 4. The van der Waals surface area contributed by atoms with Gasteiger partial charge >= 0.3 is 11.7 Å². The molecule has 0 aliphatic heterocycles. The number of H-pyrrole nitrogens is 1. The molecule has 9 nitrogen and oxygen atoms in total. The van der Waals surface area contributed by atoms with Crippen LogP contribution in [0.5, 0.6) is 6.01 Å². The Labute approximate surface area is 199 Å². The maximum atomic E-state index is 11.8. The van der Waals surface area contributed by atoms with E-state index in [1.165, 1.54) is 0 Å². The Bertz CT molecular complexity index is 1560. The van der Waals surface area contributed by atoms with Crippen molar-refractivity contribution in [1.82, 2.24) is 19.7 Å². The highest BCUT2D eigenvalue weighted by atomic mass is 16.5. The molecule has 0 saturated heterocycles. The zero-order valence-electron chi connectivity index (χ0n) is 18.9. The minimum atomic E-state index is -1.00. The number of ether oxygens (including phenoxy) is 1. The van der Waals surface area contributed by atoms with E-state index in [0.29, 0.717) is 42.4 Å². The first kappa shape index (κ1) is 22.1. The van der Waals surface area contributed by atoms with Crippen molar-refractivity contribution in [1.29, 1.82) is 0 Å². The van der Waals surface area contributed by atoms with Gasteiger partial charge < -0.3 is 9.84 Å². The van der Waals surface area contributed by atoms with Crippen molar-refractivity contribution < 1.29 is 19.2 Å². The maximum Gasteiger partial charge on any atom is 0.439 e. The summed E-state index contributed by atoms with van der Waals surface area (Å²) in [4.78, 5) is 30.3. The van der Waals surface area contributed by atoms with E-state index in [9.17, 15) is 14.7 Å². The first-order chi connectivity index (χ1) is 17.0. The topological polar surface area (TPSA) is 123 Å². The van der Waals surface area contributed by atoms with Crippen molar-refractivity contribution in [3.05, 3.63) is 88.4 Å². The van der Waals surface area contributed by atoms with Gasteiger partial charge in [0.05, 0.1) is 23.2 Å². The highest BCUT2D eigenvalue weighted by Gasteiger charge is 2.18. The van der Waals surface area contributed by atoms with Gasteiger partial charge in [-0.1, -0.05) is 59.8 Å². The lowest BCUT2D eigenvalue weighted by molar-refractivity contribution is 0.0698. The third kappa shape index (κ3) is 4.31. The fraction of sp³-hybridized carbons (Fsp3) is 0.154. The summed E-state index contributed by atoms with van der Waals surface area (Å²) in [6, 6.07) is 21.1. The summed E-state index contributed by atoms with van der Waals surface area (Å²) in [5.74, 6) is -1.23. The van der Waals surface area contributed by atoms with Gasteiger partial charge in [0.25, 0.3) is 6.01 Å². The third-order valence-electron chi connectivity index (χ3n) is 5.75. The van der Waals surface area contributed by atoms with Gasteiger partial charge in [0.1, 0.15) is 0 Å². The number of para-hydroxylation sites is 1. The molecule has 0 fully saturated rings. The molecule has 2 N–H and O–H groups in total. The van der Waals surface area contributed by atoms with Gasteiger partial charge in [-0.25, -0.2) is 9.59 Å². The van der Waals surface area contributed by atoms with Crippen molar-refractivity contribution in [3.63, 3.8) is 0 Å². The van der Waals surface area contributed by atoms with Gasteiger partial charge in [-0.2, -0.15) is 4.98 Å². The van der Waals surface area contributed by atoms with Crippen LogP contribution in [0.25, 0.3) is 33.5 Å². The first-order valence-corrected chi connectivity index (χ1v) is 11.1. The fourth-order valence-electron chi connectivity index (χ4n) is 4.16. The van der Waals surface area contributed by atoms with Gasteiger partial charge in [-0.05, 0) is 42.2 Å². The molecular weight excluding hydrogens is 448 g/mol. The van der Waals surface area contributed by atoms with Gasteiger partial charge in [-0.3, -0.25) is 14.1 Å². The molecule has 2 aromatic heterocycles. The number of carboxylic acid groups (broad SMARTS) is 1. The Kier molecular flexibility index (Phi) is 5.88. The van der Waals surface area contributed by atoms with Crippen LogP contribution in [-0.2, 0) is 13.0 Å². The number of carboxylic acids is 1. The molecule has 0 saturated carbocycles. The predicted molar refractivity (Wildman–Crippen MR) is 130 cm³/mol. The van der Waals surface area contributed by atoms with Crippen molar-refractivity contribution in [2.24, 2.45) is 0 Å². The van der Waals surface area contributed by atoms with Gasteiger partial charge in [0, 0.05) is 12.1 Å². The number of hydrogen-bond acceptors (Lipinski definition) is 6. The number of aromatic carboxylic acids is 1. The molecule has 9 heteroatoms. The second-order valence-electron chi connectivity index (χ2n) is 7.89. The summed E-state index contributed by atoms with van der Waals surface area (Å²) < 4.78 is 12.2. The Morgan fingerprint density at radius 2 is 1.83 bits per heavy atom. The molecule has 0 aliphatic carbocycles. The number of nitrogens with one attached hydrogen (secondary N) is 1. The van der Waals surface area contributed by atoms with E-state index in [4.69, 9.17) is 4.74 Å². The number of rotatable bonds is 8. The molecule has 0 spiro atoms. The molecule has 0 unspecified atom stereocenters. The highest BCUT2D eigenvalue weighted by molar-refractivity contribution is 6.01. The van der Waals surface area contributed by atoms with Crippen molar-refractivity contribution >= 4 is 17.0 Å². The molecule has 5 aromatic rings. The first-order valence-electron chi connectivity index (χ1n) is 11.1. The molecule has 2 heterocycles. The van der Waals surface area contributed by atoms with Gasteiger partial charge in [0.15, 0.2) is 5.82 Å². The molecule has 0 amide bonds. The normalized spacial score (nSPS) is 11.1. The summed E-state index contributed by atoms with van der Waals surface area (Å²) in [6.45, 7) is 2.80. The van der Waals surface area contributed by atoms with E-state index >= 15 is 0 Å². The van der Waals surface area contributed by atoms with E-state index in [-0.39, 0.29) is 5.56 Å². The number of aryl methyl sites for hydroxylation is 2. The summed E-state index contributed by atoms with van der Waals surface area (Å²) in [5.41, 5.74) is 5.04. The van der Waals surface area contributed by atoms with Crippen molar-refractivity contribution in [2.75, 3.05) is 6.61 Å². The molecule has 0 aliphatic rings. The number of hydrogen-bond donors (Lipinski definition) is 2.